The van der Waals surface area contributed by atoms with E-state index in [1.807, 2.05) is 100 Å². The van der Waals surface area contributed by atoms with Crippen LogP contribution in [-0.2, 0) is 35.3 Å². The number of nitrogens with zero attached hydrogens (tertiary/aromatic N) is 6. The van der Waals surface area contributed by atoms with Gasteiger partial charge in [-0.1, -0.05) is 150 Å². The molecule has 0 radical (unpaired) electrons. The maximum Gasteiger partial charge on any atom is 0.489 e. The molecule has 0 saturated heterocycles. The quantitative estimate of drug-likeness (QED) is 0.0238. The molecule has 6 aromatic carbocycles. The number of H-pyrrole nitrogens is 2. The Morgan fingerprint density at radius 2 is 1.05 bits per heavy atom. The smallest absolute Gasteiger partial charge is 0.489 e. The van der Waals surface area contributed by atoms with Gasteiger partial charge in [-0.05, 0) is 102 Å². The summed E-state index contributed by atoms with van der Waals surface area (Å²) in [4.78, 5) is 25.6. The Labute approximate surface area is 477 Å². The molecule has 0 atom stereocenters. The molecule has 2 amide bonds. The second-order valence-corrected chi connectivity index (χ2v) is 19.3. The van der Waals surface area contributed by atoms with Crippen molar-refractivity contribution in [3.63, 3.8) is 0 Å². The second-order valence-electron chi connectivity index (χ2n) is 18.3. The number of carbonyl (C=O) groups is 2. The number of amides is 2. The molecular formula is C58H58BBrF6N10O6. The number of halogens is 7. The lowest BCUT2D eigenvalue weighted by Gasteiger charge is -2.19. The van der Waals surface area contributed by atoms with Gasteiger partial charge in [-0.2, -0.15) is 36.8 Å². The summed E-state index contributed by atoms with van der Waals surface area (Å²) in [7, 11) is -1.54. The first-order valence-corrected chi connectivity index (χ1v) is 26.5. The number of hydrogen-bond donors (Lipinski definition) is 6. The molecule has 0 aliphatic carbocycles. The van der Waals surface area contributed by atoms with Crippen molar-refractivity contribution in [2.75, 3.05) is 23.8 Å². The van der Waals surface area contributed by atoms with Gasteiger partial charge in [0.1, 0.15) is 11.5 Å². The molecule has 428 valence electrons. The van der Waals surface area contributed by atoms with Crippen LogP contribution in [0.3, 0.4) is 0 Å². The number of aryl methyl sites for hydroxylation is 2. The summed E-state index contributed by atoms with van der Waals surface area (Å²) in [5.74, 6) is 0.917. The molecule has 82 heavy (non-hydrogen) atoms. The summed E-state index contributed by atoms with van der Waals surface area (Å²) in [6, 6.07) is 36.3. The van der Waals surface area contributed by atoms with Crippen molar-refractivity contribution in [2.45, 2.75) is 78.6 Å². The summed E-state index contributed by atoms with van der Waals surface area (Å²) < 4.78 is 88.4. The second kappa shape index (κ2) is 30.4. The third kappa shape index (κ3) is 20.0. The number of allylic oxidation sites excluding steroid dienone is 4. The minimum absolute atomic E-state index is 0.0266. The van der Waals surface area contributed by atoms with Gasteiger partial charge in [0.05, 0.1) is 37.4 Å². The number of hydrogen-bond acceptors (Lipinski definition) is 12. The molecule has 24 heteroatoms. The van der Waals surface area contributed by atoms with E-state index in [0.29, 0.717) is 91.9 Å². The van der Waals surface area contributed by atoms with Gasteiger partial charge in [0, 0.05) is 38.9 Å². The lowest BCUT2D eigenvalue weighted by atomic mass is 9.77. The molecule has 0 unspecified atom stereocenters. The number of aromatic amines is 2. The highest BCUT2D eigenvalue weighted by molar-refractivity contribution is 9.10. The number of alkyl halides is 6. The highest BCUT2D eigenvalue weighted by Gasteiger charge is 2.25. The number of nitrogens with one attached hydrogen (secondary N) is 4. The van der Waals surface area contributed by atoms with Crippen LogP contribution in [0.4, 0.5) is 37.7 Å². The molecule has 0 aliphatic rings. The van der Waals surface area contributed by atoms with Crippen LogP contribution < -0.4 is 25.6 Å². The number of benzene rings is 6. The van der Waals surface area contributed by atoms with Crippen LogP contribution in [0.15, 0.2) is 150 Å². The summed E-state index contributed by atoms with van der Waals surface area (Å²) in [5, 5.41) is 51.4. The summed E-state index contributed by atoms with van der Waals surface area (Å²) in [6.45, 7) is 8.51. The minimum atomic E-state index is -4.45. The molecule has 0 fully saturated rings. The summed E-state index contributed by atoms with van der Waals surface area (Å²) in [5.41, 5.74) is 8.69. The van der Waals surface area contributed by atoms with E-state index >= 15 is 0 Å². The van der Waals surface area contributed by atoms with Gasteiger partial charge in [-0.15, -0.1) is 20.4 Å². The largest absolute Gasteiger partial charge is 0.491 e. The van der Waals surface area contributed by atoms with Crippen molar-refractivity contribution in [3.05, 3.63) is 183 Å². The van der Waals surface area contributed by atoms with Crippen molar-refractivity contribution in [1.82, 2.24) is 41.2 Å². The topological polar surface area (TPSA) is 226 Å². The van der Waals surface area contributed by atoms with Crippen LogP contribution >= 0.6 is 15.9 Å². The average molecular weight is 1200 g/mol. The van der Waals surface area contributed by atoms with Crippen LogP contribution in [0.1, 0.15) is 60.1 Å². The van der Waals surface area contributed by atoms with E-state index in [2.05, 4.69) is 67.8 Å². The zero-order valence-corrected chi connectivity index (χ0v) is 46.5. The highest BCUT2D eigenvalue weighted by atomic mass is 79.9. The first-order valence-electron chi connectivity index (χ1n) is 25.7. The fourth-order valence-corrected chi connectivity index (χ4v) is 8.46. The first kappa shape index (κ1) is 62.7. The van der Waals surface area contributed by atoms with E-state index in [-0.39, 0.29) is 49.6 Å². The van der Waals surface area contributed by atoms with Crippen LogP contribution in [-0.4, -0.2) is 95.8 Å². The van der Waals surface area contributed by atoms with E-state index in [1.165, 1.54) is 0 Å². The Morgan fingerprint density at radius 3 is 1.50 bits per heavy atom. The van der Waals surface area contributed by atoms with E-state index in [4.69, 9.17) is 19.5 Å². The SMILES string of the molecule is CCCOc1c(C/C=C/C(F)(F)F)cc(-c2ccccc2-c2nn[nH]n2)cc1NC(=O)Cc1ccc(C)cc1.CCCOc1c(C/C=C/C(F)(F)F)cc(Br)cc1NC(=O)Cc1ccc(C)cc1.OB(O)c1ccccc1-c1nn[nH]n1. The van der Waals surface area contributed by atoms with Gasteiger partial charge in [0.25, 0.3) is 0 Å². The molecule has 6 N–H and O–H groups in total. The van der Waals surface area contributed by atoms with Gasteiger partial charge in [0.2, 0.25) is 23.5 Å². The number of aromatic nitrogens is 8. The average Bonchev–Trinajstić information content (AvgIpc) is 4.28. The third-order valence-corrected chi connectivity index (χ3v) is 12.1. The summed E-state index contributed by atoms with van der Waals surface area (Å²) >= 11 is 3.36. The summed E-state index contributed by atoms with van der Waals surface area (Å²) in [6.07, 6.45) is -4.65. The number of carbonyl (C=O) groups excluding carboxylic acids is 2. The van der Waals surface area contributed by atoms with Crippen LogP contribution in [0.5, 0.6) is 11.5 Å². The number of tetrazole rings is 2. The van der Waals surface area contributed by atoms with Gasteiger partial charge in [-0.25, -0.2) is 0 Å². The van der Waals surface area contributed by atoms with Gasteiger partial charge < -0.3 is 30.2 Å². The maximum absolute atomic E-state index is 13.1. The molecule has 2 aromatic heterocycles. The molecule has 0 saturated carbocycles. The van der Waals surface area contributed by atoms with E-state index in [1.54, 1.807) is 48.5 Å². The normalized spacial score (nSPS) is 11.4. The lowest BCUT2D eigenvalue weighted by molar-refractivity contribution is -0.116. The van der Waals surface area contributed by atoms with E-state index in [9.17, 15) is 35.9 Å². The third-order valence-electron chi connectivity index (χ3n) is 11.7. The Kier molecular flexibility index (Phi) is 23.2. The Hall–Kier alpha value is -8.48. The molecule has 2 heterocycles. The minimum Gasteiger partial charge on any atom is -0.491 e. The fraction of sp³-hybridized carbons (Fsp3) is 0.241. The standard InChI is InChI=1S/C29H28F3N5O2.C22H23BrF3NO2.C7H7BN4O2/c1-3-15-39-27-21(7-6-14-29(30,31)32)17-22(23-8-4-5-9-24(23)28-34-36-37-35-28)18-25(27)33-26(38)16-20-12-10-19(2)11-13-20;1-3-11-29-21-17(5-4-10-22(24,25)26)13-18(23)14-19(21)27-20(28)12-16-8-6-15(2)7-9-16;13-8(14)6-4-2-1-3-5(6)7-9-11-12-10-7/h4-6,8-14,17-18H,3,7,15-16H2,1-2H3,(H,33,38)(H,34,35,36,37);4,6-10,13-14H,3,5,11-12H2,1-2H3,(H,27,28);1-4,13-14H,(H,9,10,11,12)/b14-6+;10-4+;. The molecule has 0 aliphatic heterocycles. The van der Waals surface area contributed by atoms with Crippen molar-refractivity contribution < 1.29 is 55.5 Å². The van der Waals surface area contributed by atoms with E-state index in [0.717, 1.165) is 46.4 Å². The molecular weight excluding hydrogens is 1140 g/mol. The van der Waals surface area contributed by atoms with Crippen molar-refractivity contribution in [1.29, 1.82) is 0 Å². The lowest BCUT2D eigenvalue weighted by Crippen LogP contribution is -2.31. The number of ether oxygens (including phenoxy) is 2. The highest BCUT2D eigenvalue weighted by Crippen LogP contribution is 2.39. The predicted molar refractivity (Wildman–Crippen MR) is 305 cm³/mol. The maximum atomic E-state index is 13.1. The zero-order chi connectivity index (χ0) is 59.2. The Morgan fingerprint density at radius 1 is 0.610 bits per heavy atom. The Balaban J connectivity index is 0.000000219. The van der Waals surface area contributed by atoms with Gasteiger partial charge >= 0.3 is 19.5 Å². The van der Waals surface area contributed by atoms with Crippen molar-refractivity contribution >= 4 is 51.7 Å². The first-order chi connectivity index (χ1) is 39.2. The number of rotatable bonds is 20. The molecule has 0 spiro atoms. The molecule has 16 nitrogen and oxygen atoms in total. The van der Waals surface area contributed by atoms with E-state index < -0.39 is 19.5 Å². The van der Waals surface area contributed by atoms with Crippen LogP contribution in [0.25, 0.3) is 33.9 Å². The Bertz CT molecular complexity index is 3380. The molecule has 8 aromatic rings. The predicted octanol–water partition coefficient (Wildman–Crippen LogP) is 11.4. The zero-order valence-electron chi connectivity index (χ0n) is 44.9. The van der Waals surface area contributed by atoms with Gasteiger partial charge in [-0.3, -0.25) is 9.59 Å². The number of anilines is 2. The molecule has 0 bridgehead atoms. The molecule has 8 rings (SSSR count). The van der Waals surface area contributed by atoms with Crippen molar-refractivity contribution in [3.8, 4) is 45.4 Å². The van der Waals surface area contributed by atoms with Crippen molar-refractivity contribution in [2.24, 2.45) is 0 Å². The van der Waals surface area contributed by atoms with Gasteiger partial charge in [0.15, 0.2) is 0 Å². The fourth-order valence-electron chi connectivity index (χ4n) is 7.95. The van der Waals surface area contributed by atoms with Crippen LogP contribution in [0.2, 0.25) is 0 Å². The monoisotopic (exact) mass is 1190 g/mol. The van der Waals surface area contributed by atoms with Crippen LogP contribution in [0, 0.1) is 13.8 Å².